The predicted molar refractivity (Wildman–Crippen MR) is 94.5 cm³/mol. The first-order chi connectivity index (χ1) is 11.1. The normalized spacial score (nSPS) is 10.9. The Balaban J connectivity index is 2.02. The third kappa shape index (κ3) is 3.07. The van der Waals surface area contributed by atoms with Crippen LogP contribution in [0.4, 0.5) is 5.82 Å². The fourth-order valence-electron chi connectivity index (χ4n) is 2.44. The predicted octanol–water partition coefficient (Wildman–Crippen LogP) is 3.87. The highest BCUT2D eigenvalue weighted by atomic mass is 32.1. The number of esters is 1. The lowest BCUT2D eigenvalue weighted by molar-refractivity contribution is 0.0531. The van der Waals surface area contributed by atoms with Crippen LogP contribution >= 0.6 is 22.7 Å². The molecule has 23 heavy (non-hydrogen) atoms. The third-order valence-corrected chi connectivity index (χ3v) is 5.54. The zero-order chi connectivity index (χ0) is 16.4. The van der Waals surface area contributed by atoms with E-state index in [0.29, 0.717) is 11.5 Å². The van der Waals surface area contributed by atoms with E-state index in [-0.39, 0.29) is 5.97 Å². The highest BCUT2D eigenvalue weighted by Gasteiger charge is 2.21. The standard InChI is InChI=1S/C16H17N3O2S2/c1-4-21-16(20)13-10(2)12-14(17-9-18-15(12)23-13)19(3)8-11-6-5-7-22-11/h5-7,9H,4,8H2,1-3H3. The van der Waals surface area contributed by atoms with Crippen LogP contribution < -0.4 is 4.90 Å². The van der Waals surface area contributed by atoms with Gasteiger partial charge in [0.05, 0.1) is 18.5 Å². The van der Waals surface area contributed by atoms with Gasteiger partial charge >= 0.3 is 5.97 Å². The van der Waals surface area contributed by atoms with Gasteiger partial charge in [-0.25, -0.2) is 14.8 Å². The number of carbonyl (C=O) groups excluding carboxylic acids is 1. The second kappa shape index (κ2) is 6.64. The molecule has 3 heterocycles. The molecule has 5 nitrogen and oxygen atoms in total. The lowest BCUT2D eigenvalue weighted by Gasteiger charge is -2.18. The zero-order valence-corrected chi connectivity index (χ0v) is 14.8. The van der Waals surface area contributed by atoms with E-state index in [1.165, 1.54) is 16.2 Å². The Hall–Kier alpha value is -1.99. The molecule has 120 valence electrons. The summed E-state index contributed by atoms with van der Waals surface area (Å²) in [7, 11) is 2.00. The number of hydrogen-bond acceptors (Lipinski definition) is 7. The van der Waals surface area contributed by atoms with Gasteiger partial charge in [0.15, 0.2) is 0 Å². The van der Waals surface area contributed by atoms with E-state index in [9.17, 15) is 4.79 Å². The molecule has 0 radical (unpaired) electrons. The molecule has 0 aliphatic heterocycles. The van der Waals surface area contributed by atoms with Crippen molar-refractivity contribution in [2.24, 2.45) is 0 Å². The van der Waals surface area contributed by atoms with Crippen molar-refractivity contribution in [1.29, 1.82) is 0 Å². The van der Waals surface area contributed by atoms with Gasteiger partial charge in [-0.2, -0.15) is 0 Å². The van der Waals surface area contributed by atoms with Crippen molar-refractivity contribution < 1.29 is 9.53 Å². The van der Waals surface area contributed by atoms with Gasteiger partial charge in [0, 0.05) is 11.9 Å². The van der Waals surface area contributed by atoms with Crippen LogP contribution in [0, 0.1) is 6.92 Å². The Kier molecular flexibility index (Phi) is 4.58. The summed E-state index contributed by atoms with van der Waals surface area (Å²) in [5.74, 6) is 0.549. The van der Waals surface area contributed by atoms with E-state index in [4.69, 9.17) is 4.74 Å². The number of nitrogens with zero attached hydrogens (tertiary/aromatic N) is 3. The SMILES string of the molecule is CCOC(=O)c1sc2ncnc(N(C)Cc3cccs3)c2c1C. The Morgan fingerprint density at radius 1 is 1.39 bits per heavy atom. The molecule has 3 aromatic heterocycles. The molecular weight excluding hydrogens is 330 g/mol. The van der Waals surface area contributed by atoms with E-state index >= 15 is 0 Å². The summed E-state index contributed by atoms with van der Waals surface area (Å²) < 4.78 is 5.14. The number of carbonyl (C=O) groups is 1. The van der Waals surface area contributed by atoms with E-state index < -0.39 is 0 Å². The van der Waals surface area contributed by atoms with E-state index in [2.05, 4.69) is 26.3 Å². The van der Waals surface area contributed by atoms with Crippen molar-refractivity contribution >= 4 is 44.7 Å². The van der Waals surface area contributed by atoms with Gasteiger partial charge in [0.1, 0.15) is 21.9 Å². The first-order valence-electron chi connectivity index (χ1n) is 7.26. The number of fused-ring (bicyclic) bond motifs is 1. The molecule has 0 bridgehead atoms. The summed E-state index contributed by atoms with van der Waals surface area (Å²) in [4.78, 5) is 25.6. The molecule has 0 N–H and O–H groups in total. The lowest BCUT2D eigenvalue weighted by Crippen LogP contribution is -2.17. The molecule has 0 aliphatic rings. The van der Waals surface area contributed by atoms with Crippen molar-refractivity contribution in [3.8, 4) is 0 Å². The monoisotopic (exact) mass is 347 g/mol. The van der Waals surface area contributed by atoms with Gasteiger partial charge in [-0.3, -0.25) is 0 Å². The molecule has 3 aromatic rings. The number of aromatic nitrogens is 2. The van der Waals surface area contributed by atoms with Crippen molar-refractivity contribution in [3.05, 3.63) is 39.2 Å². The van der Waals surface area contributed by atoms with E-state index in [1.807, 2.05) is 20.0 Å². The number of anilines is 1. The lowest BCUT2D eigenvalue weighted by atomic mass is 10.2. The van der Waals surface area contributed by atoms with Crippen LogP contribution in [0.25, 0.3) is 10.2 Å². The Bertz CT molecular complexity index is 827. The van der Waals surface area contributed by atoms with Crippen LogP contribution in [0.15, 0.2) is 23.8 Å². The van der Waals surface area contributed by atoms with Crippen LogP contribution in [-0.4, -0.2) is 29.6 Å². The van der Waals surface area contributed by atoms with Gasteiger partial charge in [-0.15, -0.1) is 22.7 Å². The molecule has 3 rings (SSSR count). The number of thiophene rings is 2. The van der Waals surface area contributed by atoms with Gasteiger partial charge in [0.25, 0.3) is 0 Å². The average Bonchev–Trinajstić information content (AvgIpc) is 3.15. The summed E-state index contributed by atoms with van der Waals surface area (Å²) >= 11 is 3.08. The minimum absolute atomic E-state index is 0.292. The molecule has 0 spiro atoms. The number of ether oxygens (including phenoxy) is 1. The number of aryl methyl sites for hydroxylation is 1. The smallest absolute Gasteiger partial charge is 0.348 e. The summed E-state index contributed by atoms with van der Waals surface area (Å²) in [6, 6.07) is 4.14. The molecular formula is C16H17N3O2S2. The maximum absolute atomic E-state index is 12.1. The fraction of sp³-hybridized carbons (Fsp3) is 0.312. The molecule has 0 unspecified atom stereocenters. The van der Waals surface area contributed by atoms with Crippen molar-refractivity contribution in [3.63, 3.8) is 0 Å². The van der Waals surface area contributed by atoms with Crippen molar-refractivity contribution in [1.82, 2.24) is 9.97 Å². The van der Waals surface area contributed by atoms with Crippen LogP contribution in [0.3, 0.4) is 0 Å². The van der Waals surface area contributed by atoms with E-state index in [0.717, 1.165) is 28.1 Å². The van der Waals surface area contributed by atoms with Crippen LogP contribution in [0.1, 0.15) is 27.0 Å². The average molecular weight is 347 g/mol. The summed E-state index contributed by atoms with van der Waals surface area (Å²) in [5.41, 5.74) is 0.886. The minimum atomic E-state index is -0.292. The molecule has 0 atom stereocenters. The molecule has 0 aliphatic carbocycles. The molecule has 0 amide bonds. The van der Waals surface area contributed by atoms with Gasteiger partial charge in [0.2, 0.25) is 0 Å². The van der Waals surface area contributed by atoms with Gasteiger partial charge in [-0.05, 0) is 30.9 Å². The fourth-order valence-corrected chi connectivity index (χ4v) is 4.24. The first-order valence-corrected chi connectivity index (χ1v) is 8.96. The third-order valence-electron chi connectivity index (χ3n) is 3.50. The Morgan fingerprint density at radius 2 is 2.22 bits per heavy atom. The molecule has 0 aromatic carbocycles. The quantitative estimate of drug-likeness (QED) is 0.656. The molecule has 7 heteroatoms. The van der Waals surface area contributed by atoms with Crippen molar-refractivity contribution in [2.75, 3.05) is 18.6 Å². The minimum Gasteiger partial charge on any atom is -0.462 e. The topological polar surface area (TPSA) is 55.3 Å². The Morgan fingerprint density at radius 3 is 2.91 bits per heavy atom. The number of hydrogen-bond donors (Lipinski definition) is 0. The molecule has 0 fully saturated rings. The van der Waals surface area contributed by atoms with Crippen LogP contribution in [0.2, 0.25) is 0 Å². The maximum Gasteiger partial charge on any atom is 0.348 e. The van der Waals surface area contributed by atoms with Gasteiger partial charge in [-0.1, -0.05) is 6.07 Å². The molecule has 0 saturated heterocycles. The number of rotatable bonds is 5. The van der Waals surface area contributed by atoms with Crippen LogP contribution in [0.5, 0.6) is 0 Å². The zero-order valence-electron chi connectivity index (χ0n) is 13.2. The van der Waals surface area contributed by atoms with Crippen LogP contribution in [-0.2, 0) is 11.3 Å². The highest BCUT2D eigenvalue weighted by Crippen LogP contribution is 2.35. The van der Waals surface area contributed by atoms with Crippen molar-refractivity contribution in [2.45, 2.75) is 20.4 Å². The second-order valence-electron chi connectivity index (χ2n) is 5.09. The summed E-state index contributed by atoms with van der Waals surface area (Å²) in [6.45, 7) is 4.87. The second-order valence-corrected chi connectivity index (χ2v) is 7.12. The van der Waals surface area contributed by atoms with Gasteiger partial charge < -0.3 is 9.64 Å². The molecule has 0 saturated carbocycles. The summed E-state index contributed by atoms with van der Waals surface area (Å²) in [5, 5.41) is 2.99. The summed E-state index contributed by atoms with van der Waals surface area (Å²) in [6.07, 6.45) is 1.55. The Labute approximate surface area is 142 Å². The highest BCUT2D eigenvalue weighted by molar-refractivity contribution is 7.20. The first kappa shape index (κ1) is 15.9. The van der Waals surface area contributed by atoms with E-state index in [1.54, 1.807) is 24.6 Å². The largest absolute Gasteiger partial charge is 0.462 e. The maximum atomic E-state index is 12.1.